The van der Waals surface area contributed by atoms with Crippen LogP contribution in [0.4, 0.5) is 4.79 Å². The van der Waals surface area contributed by atoms with Gasteiger partial charge in [-0.2, -0.15) is 0 Å². The summed E-state index contributed by atoms with van der Waals surface area (Å²) < 4.78 is 0. The summed E-state index contributed by atoms with van der Waals surface area (Å²) in [4.78, 5) is 33.7. The summed E-state index contributed by atoms with van der Waals surface area (Å²) in [6.07, 6.45) is 0.523. The number of carbonyl (C=O) groups excluding carboxylic acids is 2. The SMILES string of the molecule is Cc1ccc(CN2CCN(C(=O)NC(C)C)C[C@@]3(CC(=O)N(C)C3)C2)s1. The van der Waals surface area contributed by atoms with Gasteiger partial charge in [0.05, 0.1) is 0 Å². The van der Waals surface area contributed by atoms with Gasteiger partial charge in [0, 0.05) is 73.9 Å². The average Bonchev–Trinajstić information content (AvgIpc) is 2.99. The zero-order valence-electron chi connectivity index (χ0n) is 16.2. The number of urea groups is 1. The Morgan fingerprint density at radius 2 is 2.04 bits per heavy atom. The van der Waals surface area contributed by atoms with E-state index in [1.165, 1.54) is 9.75 Å². The standard InChI is InChI=1S/C19H30N4O2S/c1-14(2)20-18(25)23-8-7-22(10-16-6-5-15(3)26-16)12-19(13-23)9-17(24)21(4)11-19/h5-6,14H,7-13H2,1-4H3,(H,20,25)/t19-/m1/s1. The number of thiophene rings is 1. The number of likely N-dealkylation sites (tertiary alicyclic amines) is 1. The van der Waals surface area contributed by atoms with Crippen LogP contribution in [0.5, 0.6) is 0 Å². The van der Waals surface area contributed by atoms with E-state index in [4.69, 9.17) is 0 Å². The maximum atomic E-state index is 12.6. The summed E-state index contributed by atoms with van der Waals surface area (Å²) in [6.45, 7) is 10.7. The van der Waals surface area contributed by atoms with Crippen molar-refractivity contribution in [1.29, 1.82) is 0 Å². The Morgan fingerprint density at radius 3 is 2.62 bits per heavy atom. The molecule has 1 atom stereocenters. The molecule has 144 valence electrons. The van der Waals surface area contributed by atoms with Crippen LogP contribution in [0.25, 0.3) is 0 Å². The third-order valence-electron chi connectivity index (χ3n) is 5.17. The predicted octanol–water partition coefficient (Wildman–Crippen LogP) is 2.14. The molecule has 2 aliphatic heterocycles. The molecule has 3 amide bonds. The highest BCUT2D eigenvalue weighted by molar-refractivity contribution is 7.11. The van der Waals surface area contributed by atoms with E-state index in [9.17, 15) is 9.59 Å². The Bertz CT molecular complexity index is 674. The highest BCUT2D eigenvalue weighted by atomic mass is 32.1. The minimum atomic E-state index is -0.178. The highest BCUT2D eigenvalue weighted by Crippen LogP contribution is 2.35. The van der Waals surface area contributed by atoms with Gasteiger partial charge in [-0.25, -0.2) is 4.79 Å². The van der Waals surface area contributed by atoms with Gasteiger partial charge in [0.2, 0.25) is 5.91 Å². The van der Waals surface area contributed by atoms with Crippen LogP contribution in [0.2, 0.25) is 0 Å². The van der Waals surface area contributed by atoms with E-state index in [1.807, 2.05) is 42.0 Å². The van der Waals surface area contributed by atoms with Gasteiger partial charge in [-0.1, -0.05) is 0 Å². The van der Waals surface area contributed by atoms with Gasteiger partial charge in [-0.05, 0) is 32.9 Å². The summed E-state index contributed by atoms with van der Waals surface area (Å²) in [6, 6.07) is 4.44. The molecule has 0 radical (unpaired) electrons. The first-order valence-corrected chi connectivity index (χ1v) is 10.2. The van der Waals surface area contributed by atoms with Crippen LogP contribution in [0.3, 0.4) is 0 Å². The molecule has 1 aromatic rings. The smallest absolute Gasteiger partial charge is 0.317 e. The molecule has 1 spiro atoms. The van der Waals surface area contributed by atoms with Crippen LogP contribution in [0, 0.1) is 12.3 Å². The molecular formula is C19H30N4O2S. The van der Waals surface area contributed by atoms with Gasteiger partial charge >= 0.3 is 6.03 Å². The Kier molecular flexibility index (Phi) is 5.58. The zero-order valence-corrected chi connectivity index (χ0v) is 17.1. The Balaban J connectivity index is 1.78. The van der Waals surface area contributed by atoms with Gasteiger partial charge in [0.15, 0.2) is 0 Å². The molecule has 2 saturated heterocycles. The average molecular weight is 379 g/mol. The highest BCUT2D eigenvalue weighted by Gasteiger charge is 2.46. The van der Waals surface area contributed by atoms with Gasteiger partial charge in [-0.15, -0.1) is 11.3 Å². The topological polar surface area (TPSA) is 55.9 Å². The Labute approximate surface area is 160 Å². The van der Waals surface area contributed by atoms with Crippen LogP contribution in [0.15, 0.2) is 12.1 Å². The lowest BCUT2D eigenvalue weighted by Gasteiger charge is -2.33. The molecule has 26 heavy (non-hydrogen) atoms. The van der Waals surface area contributed by atoms with Crippen LogP contribution < -0.4 is 5.32 Å². The molecule has 2 fully saturated rings. The molecule has 0 saturated carbocycles. The van der Waals surface area contributed by atoms with Crippen LogP contribution in [-0.4, -0.2) is 72.5 Å². The number of nitrogens with zero attached hydrogens (tertiary/aromatic N) is 3. The summed E-state index contributed by atoms with van der Waals surface area (Å²) in [5.41, 5.74) is -0.178. The van der Waals surface area contributed by atoms with E-state index >= 15 is 0 Å². The van der Waals surface area contributed by atoms with E-state index < -0.39 is 0 Å². The number of amides is 3. The third-order valence-corrected chi connectivity index (χ3v) is 6.16. The first-order chi connectivity index (χ1) is 12.3. The fourth-order valence-corrected chi connectivity index (χ4v) is 5.03. The fraction of sp³-hybridized carbons (Fsp3) is 0.684. The van der Waals surface area contributed by atoms with Crippen LogP contribution in [-0.2, 0) is 11.3 Å². The lowest BCUT2D eigenvalue weighted by atomic mass is 9.86. The van der Waals surface area contributed by atoms with E-state index in [1.54, 1.807) is 0 Å². The van der Waals surface area contributed by atoms with Crippen molar-refractivity contribution in [3.8, 4) is 0 Å². The van der Waals surface area contributed by atoms with Gasteiger partial charge in [0.1, 0.15) is 0 Å². The minimum Gasteiger partial charge on any atom is -0.345 e. The number of nitrogens with one attached hydrogen (secondary N) is 1. The Morgan fingerprint density at radius 1 is 1.27 bits per heavy atom. The lowest BCUT2D eigenvalue weighted by molar-refractivity contribution is -0.126. The predicted molar refractivity (Wildman–Crippen MR) is 104 cm³/mol. The largest absolute Gasteiger partial charge is 0.345 e. The van der Waals surface area contributed by atoms with Crippen molar-refractivity contribution in [3.05, 3.63) is 21.9 Å². The van der Waals surface area contributed by atoms with Crippen molar-refractivity contribution in [2.45, 2.75) is 39.8 Å². The fourth-order valence-electron chi connectivity index (χ4n) is 4.10. The van der Waals surface area contributed by atoms with Gasteiger partial charge in [0.25, 0.3) is 0 Å². The second-order valence-corrected chi connectivity index (χ2v) is 9.55. The molecule has 1 aromatic heterocycles. The minimum absolute atomic E-state index is 0.0183. The van der Waals surface area contributed by atoms with Crippen LogP contribution >= 0.6 is 11.3 Å². The maximum absolute atomic E-state index is 12.6. The number of hydrogen-bond acceptors (Lipinski definition) is 4. The maximum Gasteiger partial charge on any atom is 0.317 e. The molecule has 2 aliphatic rings. The summed E-state index contributed by atoms with van der Waals surface area (Å²) in [5, 5.41) is 3.01. The first-order valence-electron chi connectivity index (χ1n) is 9.33. The number of carbonyl (C=O) groups is 2. The zero-order chi connectivity index (χ0) is 18.9. The molecule has 0 bridgehead atoms. The number of aryl methyl sites for hydroxylation is 1. The van der Waals surface area contributed by atoms with Crippen molar-refractivity contribution in [2.75, 3.05) is 39.8 Å². The number of hydrogen-bond donors (Lipinski definition) is 1. The summed E-state index contributed by atoms with van der Waals surface area (Å²) in [5.74, 6) is 0.183. The molecular weight excluding hydrogens is 348 g/mol. The second kappa shape index (κ2) is 7.56. The molecule has 0 aromatic carbocycles. The second-order valence-electron chi connectivity index (χ2n) is 8.18. The Hall–Kier alpha value is -1.60. The summed E-state index contributed by atoms with van der Waals surface area (Å²) in [7, 11) is 1.87. The molecule has 6 nitrogen and oxygen atoms in total. The van der Waals surface area contributed by atoms with Crippen molar-refractivity contribution < 1.29 is 9.59 Å². The molecule has 0 aliphatic carbocycles. The number of rotatable bonds is 3. The van der Waals surface area contributed by atoms with E-state index in [2.05, 4.69) is 29.3 Å². The van der Waals surface area contributed by atoms with Gasteiger partial charge < -0.3 is 15.1 Å². The quantitative estimate of drug-likeness (QED) is 0.877. The van der Waals surface area contributed by atoms with E-state index in [0.29, 0.717) is 19.5 Å². The molecule has 7 heteroatoms. The van der Waals surface area contributed by atoms with Crippen molar-refractivity contribution in [3.63, 3.8) is 0 Å². The monoisotopic (exact) mass is 378 g/mol. The van der Waals surface area contributed by atoms with Crippen molar-refractivity contribution in [2.24, 2.45) is 5.41 Å². The molecule has 1 N–H and O–H groups in total. The molecule has 0 unspecified atom stereocenters. The lowest BCUT2D eigenvalue weighted by Crippen LogP contribution is -2.48. The normalized spacial score (nSPS) is 24.6. The van der Waals surface area contributed by atoms with Crippen molar-refractivity contribution >= 4 is 23.3 Å². The van der Waals surface area contributed by atoms with Crippen molar-refractivity contribution in [1.82, 2.24) is 20.0 Å². The van der Waals surface area contributed by atoms with Gasteiger partial charge in [-0.3, -0.25) is 9.69 Å². The summed E-state index contributed by atoms with van der Waals surface area (Å²) >= 11 is 1.82. The third kappa shape index (κ3) is 4.38. The molecule has 3 heterocycles. The first kappa shape index (κ1) is 19.2. The van der Waals surface area contributed by atoms with Crippen LogP contribution in [0.1, 0.15) is 30.0 Å². The van der Waals surface area contributed by atoms with E-state index in [0.717, 1.165) is 26.2 Å². The van der Waals surface area contributed by atoms with E-state index in [-0.39, 0.29) is 23.4 Å². The molecule has 3 rings (SSSR count).